The highest BCUT2D eigenvalue weighted by molar-refractivity contribution is 7.91. The molecule has 1 aromatic carbocycles. The predicted molar refractivity (Wildman–Crippen MR) is 121 cm³/mol. The molecule has 1 saturated carbocycles. The van der Waals surface area contributed by atoms with Gasteiger partial charge in [-0.1, -0.05) is 12.1 Å². The van der Waals surface area contributed by atoms with E-state index in [2.05, 4.69) is 10.4 Å². The van der Waals surface area contributed by atoms with Gasteiger partial charge in [-0.3, -0.25) is 9.59 Å². The molecule has 2 fully saturated rings. The fourth-order valence-electron chi connectivity index (χ4n) is 4.41. The summed E-state index contributed by atoms with van der Waals surface area (Å²) in [4.78, 5) is 30.2. The number of carbonyl (C=O) groups excluding carboxylic acids is 2. The number of carbonyl (C=O) groups is 2. The van der Waals surface area contributed by atoms with E-state index in [4.69, 9.17) is 4.98 Å². The van der Waals surface area contributed by atoms with Crippen LogP contribution in [0.15, 0.2) is 30.3 Å². The third-order valence-corrected chi connectivity index (χ3v) is 7.96. The third-order valence-electron chi connectivity index (χ3n) is 6.21. The lowest BCUT2D eigenvalue weighted by molar-refractivity contribution is 0.101. The highest BCUT2D eigenvalue weighted by Gasteiger charge is 2.34. The minimum atomic E-state index is -3.10. The first-order valence-corrected chi connectivity index (χ1v) is 12.6. The average Bonchev–Trinajstić information content (AvgIpc) is 3.46. The molecule has 0 radical (unpaired) electrons. The zero-order valence-corrected chi connectivity index (χ0v) is 18.8. The number of nitrogens with zero attached hydrogens (tertiary/aromatic N) is 3. The van der Waals surface area contributed by atoms with Crippen LogP contribution in [0.5, 0.6) is 0 Å². The Morgan fingerprint density at radius 2 is 1.88 bits per heavy atom. The van der Waals surface area contributed by atoms with Crippen molar-refractivity contribution < 1.29 is 18.0 Å². The van der Waals surface area contributed by atoms with Crippen molar-refractivity contribution in [1.29, 1.82) is 0 Å². The van der Waals surface area contributed by atoms with Crippen molar-refractivity contribution in [3.05, 3.63) is 52.8 Å². The summed E-state index contributed by atoms with van der Waals surface area (Å²) in [5.74, 6) is -0.00579. The molecule has 8 nitrogen and oxygen atoms in total. The Bertz CT molecular complexity index is 1370. The Kier molecular flexibility index (Phi) is 4.88. The van der Waals surface area contributed by atoms with E-state index in [1.807, 2.05) is 6.07 Å². The number of rotatable bonds is 5. The van der Waals surface area contributed by atoms with Crippen LogP contribution in [0.25, 0.3) is 11.0 Å². The minimum absolute atomic E-state index is 0.0338. The van der Waals surface area contributed by atoms with Crippen LogP contribution >= 0.6 is 0 Å². The number of hydrogen-bond donors (Lipinski definition) is 1. The molecule has 1 aliphatic heterocycles. The minimum Gasteiger partial charge on any atom is -0.321 e. The van der Waals surface area contributed by atoms with Crippen LogP contribution in [0.4, 0.5) is 5.69 Å². The zero-order valence-electron chi connectivity index (χ0n) is 18.0. The smallest absolute Gasteiger partial charge is 0.256 e. The Morgan fingerprint density at radius 1 is 1.12 bits per heavy atom. The molecule has 32 heavy (non-hydrogen) atoms. The number of ketones is 1. The number of aryl methyl sites for hydroxylation is 1. The van der Waals surface area contributed by atoms with Gasteiger partial charge in [-0.25, -0.2) is 18.1 Å². The summed E-state index contributed by atoms with van der Waals surface area (Å²) in [7, 11) is -3.10. The SMILES string of the molecule is CC(=O)c1ccccc1NC(=O)c1cc(C2CC2)nc2c1c(C)nn2C1CCS(=O)(=O)C1. The summed E-state index contributed by atoms with van der Waals surface area (Å²) in [6, 6.07) is 8.44. The second-order valence-electron chi connectivity index (χ2n) is 8.71. The van der Waals surface area contributed by atoms with E-state index < -0.39 is 9.84 Å². The molecule has 1 aliphatic carbocycles. The number of nitrogens with one attached hydrogen (secondary N) is 1. The molecule has 3 aromatic rings. The average molecular weight is 453 g/mol. The molecule has 1 atom stereocenters. The molecular weight excluding hydrogens is 428 g/mol. The molecule has 1 saturated heterocycles. The summed E-state index contributed by atoms with van der Waals surface area (Å²) in [5.41, 5.74) is 3.35. The van der Waals surface area contributed by atoms with Gasteiger partial charge in [0.05, 0.1) is 39.9 Å². The van der Waals surface area contributed by atoms with Crippen molar-refractivity contribution >= 4 is 38.2 Å². The van der Waals surface area contributed by atoms with Crippen molar-refractivity contribution in [3.63, 3.8) is 0 Å². The van der Waals surface area contributed by atoms with E-state index in [0.29, 0.717) is 45.9 Å². The van der Waals surface area contributed by atoms with Gasteiger partial charge in [0.25, 0.3) is 5.91 Å². The van der Waals surface area contributed by atoms with E-state index in [1.54, 1.807) is 35.9 Å². The lowest BCUT2D eigenvalue weighted by Gasteiger charge is -2.13. The topological polar surface area (TPSA) is 111 Å². The number of benzene rings is 1. The lowest BCUT2D eigenvalue weighted by Crippen LogP contribution is -2.16. The number of sulfone groups is 1. The molecule has 2 aromatic heterocycles. The van der Waals surface area contributed by atoms with Crippen LogP contribution in [0.1, 0.15) is 70.2 Å². The summed E-state index contributed by atoms with van der Waals surface area (Å²) in [5, 5.41) is 8.12. The standard InChI is InChI=1S/C23H24N4O4S/c1-13-21-18(23(29)25-19-6-4-3-5-17(19)14(2)28)11-20(15-7-8-15)24-22(21)27(26-13)16-9-10-32(30,31)12-16/h3-6,11,15-16H,7-10,12H2,1-2H3,(H,25,29). The summed E-state index contributed by atoms with van der Waals surface area (Å²) >= 11 is 0. The molecule has 0 spiro atoms. The number of para-hydroxylation sites is 1. The number of fused-ring (bicyclic) bond motifs is 1. The van der Waals surface area contributed by atoms with Gasteiger partial charge in [0, 0.05) is 17.2 Å². The first-order valence-electron chi connectivity index (χ1n) is 10.7. The quantitative estimate of drug-likeness (QED) is 0.594. The number of hydrogen-bond acceptors (Lipinski definition) is 6. The van der Waals surface area contributed by atoms with E-state index in [1.165, 1.54) is 6.92 Å². The maximum atomic E-state index is 13.4. The van der Waals surface area contributed by atoms with Crippen molar-refractivity contribution in [1.82, 2.24) is 14.8 Å². The van der Waals surface area contributed by atoms with Crippen molar-refractivity contribution in [2.24, 2.45) is 0 Å². The van der Waals surface area contributed by atoms with Crippen molar-refractivity contribution in [3.8, 4) is 0 Å². The van der Waals surface area contributed by atoms with Gasteiger partial charge < -0.3 is 5.32 Å². The van der Waals surface area contributed by atoms with Gasteiger partial charge in [-0.15, -0.1) is 0 Å². The Labute approximate surface area is 185 Å². The van der Waals surface area contributed by atoms with Gasteiger partial charge in [0.15, 0.2) is 21.3 Å². The molecule has 2 aliphatic rings. The summed E-state index contributed by atoms with van der Waals surface area (Å²) in [6.07, 6.45) is 2.51. The second-order valence-corrected chi connectivity index (χ2v) is 10.9. The zero-order chi connectivity index (χ0) is 22.6. The van der Waals surface area contributed by atoms with Gasteiger partial charge >= 0.3 is 0 Å². The number of anilines is 1. The highest BCUT2D eigenvalue weighted by Crippen LogP contribution is 2.41. The Hall–Kier alpha value is -3.07. The predicted octanol–water partition coefficient (Wildman–Crippen LogP) is 3.43. The molecule has 3 heterocycles. The fraction of sp³-hybridized carbons (Fsp3) is 0.391. The molecule has 1 amide bonds. The Morgan fingerprint density at radius 3 is 2.53 bits per heavy atom. The van der Waals surface area contributed by atoms with Gasteiger partial charge in [0.2, 0.25) is 0 Å². The molecule has 9 heteroatoms. The van der Waals surface area contributed by atoms with Crippen LogP contribution in [0, 0.1) is 6.92 Å². The van der Waals surface area contributed by atoms with E-state index in [0.717, 1.165) is 18.5 Å². The second kappa shape index (κ2) is 7.51. The molecule has 166 valence electrons. The number of pyridine rings is 1. The van der Waals surface area contributed by atoms with Crippen LogP contribution in [0.3, 0.4) is 0 Å². The largest absolute Gasteiger partial charge is 0.321 e. The normalized spacial score (nSPS) is 19.9. The van der Waals surface area contributed by atoms with Gasteiger partial charge in [-0.05, 0) is 51.3 Å². The van der Waals surface area contributed by atoms with Crippen LogP contribution in [-0.4, -0.2) is 46.4 Å². The van der Waals surface area contributed by atoms with E-state index >= 15 is 0 Å². The van der Waals surface area contributed by atoms with Gasteiger partial charge in [0.1, 0.15) is 0 Å². The molecular formula is C23H24N4O4S. The fourth-order valence-corrected chi connectivity index (χ4v) is 6.10. The maximum absolute atomic E-state index is 13.4. The van der Waals surface area contributed by atoms with Crippen LogP contribution in [-0.2, 0) is 9.84 Å². The molecule has 1 unspecified atom stereocenters. The Balaban J connectivity index is 1.61. The van der Waals surface area contributed by atoms with Crippen LogP contribution in [0.2, 0.25) is 0 Å². The summed E-state index contributed by atoms with van der Waals surface area (Å²) < 4.78 is 25.8. The molecule has 5 rings (SSSR count). The van der Waals surface area contributed by atoms with Crippen molar-refractivity contribution in [2.75, 3.05) is 16.8 Å². The number of amides is 1. The van der Waals surface area contributed by atoms with Crippen molar-refractivity contribution in [2.45, 2.75) is 45.1 Å². The highest BCUT2D eigenvalue weighted by atomic mass is 32.2. The van der Waals surface area contributed by atoms with E-state index in [-0.39, 0.29) is 29.2 Å². The summed E-state index contributed by atoms with van der Waals surface area (Å²) in [6.45, 7) is 3.27. The monoisotopic (exact) mass is 452 g/mol. The number of Topliss-reactive ketones (excluding diaryl/α,β-unsaturated/α-hetero) is 1. The number of aromatic nitrogens is 3. The molecule has 0 bridgehead atoms. The van der Waals surface area contributed by atoms with Gasteiger partial charge in [-0.2, -0.15) is 5.10 Å². The van der Waals surface area contributed by atoms with E-state index in [9.17, 15) is 18.0 Å². The lowest BCUT2D eigenvalue weighted by atomic mass is 10.1. The van der Waals surface area contributed by atoms with Crippen LogP contribution < -0.4 is 5.32 Å². The first-order chi connectivity index (χ1) is 15.2. The third kappa shape index (κ3) is 3.70. The molecule has 1 N–H and O–H groups in total. The first kappa shape index (κ1) is 20.8. The maximum Gasteiger partial charge on any atom is 0.256 e.